The monoisotopic (exact) mass is 281 g/mol. The van der Waals surface area contributed by atoms with Crippen LogP contribution in [-0.4, -0.2) is 54.7 Å². The lowest BCUT2D eigenvalue weighted by molar-refractivity contribution is -0.129. The van der Waals surface area contributed by atoms with Crippen LogP contribution in [0, 0.1) is 0 Å². The molecule has 1 atom stereocenters. The highest BCUT2D eigenvalue weighted by Gasteiger charge is 2.28. The summed E-state index contributed by atoms with van der Waals surface area (Å²) in [4.78, 5) is 38.0. The van der Waals surface area contributed by atoms with E-state index in [1.807, 2.05) is 4.90 Å². The normalized spacial score (nSPS) is 17.4. The molecule has 110 valence electrons. The second-order valence-corrected chi connectivity index (χ2v) is 5.10. The first kappa shape index (κ1) is 14.5. The molecule has 1 aromatic carbocycles. The molecule has 7 heteroatoms. The van der Waals surface area contributed by atoms with Gasteiger partial charge in [-0.05, 0) is 6.92 Å². The molecule has 1 amide bonds. The van der Waals surface area contributed by atoms with Crippen LogP contribution < -0.4 is 21.1 Å². The van der Waals surface area contributed by atoms with Crippen molar-refractivity contribution in [3.63, 3.8) is 0 Å². The third-order valence-electron chi connectivity index (χ3n) is 3.50. The van der Waals surface area contributed by atoms with Crippen molar-refractivity contribution >= 4 is 17.3 Å². The van der Waals surface area contributed by atoms with E-state index in [1.165, 1.54) is 6.92 Å². The zero-order valence-electron chi connectivity index (χ0n) is 11.7. The smallest absolute Gasteiger partial charge is 0.253 e. The summed E-state index contributed by atoms with van der Waals surface area (Å²) in [5, 5.41) is 12.0. The minimum absolute atomic E-state index is 0.0158. The van der Waals surface area contributed by atoms with E-state index in [0.29, 0.717) is 31.9 Å². The highest BCUT2D eigenvalue weighted by molar-refractivity contribution is 5.76. The number of hydrogen-bond acceptors (Lipinski definition) is 6. The Morgan fingerprint density at radius 2 is 1.85 bits per heavy atom. The largest absolute Gasteiger partial charge is 0.392 e. The first-order valence-corrected chi connectivity index (χ1v) is 6.67. The van der Waals surface area contributed by atoms with Crippen molar-refractivity contribution in [2.75, 3.05) is 42.9 Å². The molecule has 7 nitrogen and oxygen atoms in total. The van der Waals surface area contributed by atoms with Crippen LogP contribution in [0.2, 0.25) is 0 Å². The number of piperazine rings is 1. The van der Waals surface area contributed by atoms with E-state index in [-0.39, 0.29) is 18.1 Å². The topological polar surface area (TPSA) is 89.9 Å². The van der Waals surface area contributed by atoms with Gasteiger partial charge in [-0.25, -0.2) is 0 Å². The molecule has 1 fully saturated rings. The third-order valence-corrected chi connectivity index (χ3v) is 3.50. The zero-order chi connectivity index (χ0) is 14.9. The Balaban J connectivity index is 2.07. The van der Waals surface area contributed by atoms with E-state index >= 15 is 0 Å². The number of rotatable bonds is 4. The molecule has 1 aliphatic heterocycles. The lowest BCUT2D eigenvalue weighted by atomic mass is 10.1. The summed E-state index contributed by atoms with van der Waals surface area (Å²) in [6.07, 6.45) is -0.596. The molecule has 0 aromatic heterocycles. The predicted molar refractivity (Wildman–Crippen MR) is 76.0 cm³/mol. The Bertz CT molecular complexity index is 566. The van der Waals surface area contributed by atoms with Crippen molar-refractivity contribution in [2.45, 2.75) is 20.0 Å². The predicted octanol–water partition coefficient (Wildman–Crippen LogP) is -1.26. The molecule has 1 aliphatic rings. The molecule has 0 aliphatic carbocycles. The van der Waals surface area contributed by atoms with Crippen molar-refractivity contribution in [1.29, 1.82) is 0 Å². The van der Waals surface area contributed by atoms with Gasteiger partial charge in [-0.3, -0.25) is 14.4 Å². The van der Waals surface area contributed by atoms with Gasteiger partial charge >= 0.3 is 0 Å². The van der Waals surface area contributed by atoms with Crippen LogP contribution in [0.1, 0.15) is 13.8 Å². The number of carbonyl (C=O) groups is 1. The van der Waals surface area contributed by atoms with E-state index in [1.54, 1.807) is 11.8 Å². The lowest BCUT2D eigenvalue weighted by Crippen LogP contribution is -2.52. The molecule has 1 heterocycles. The van der Waals surface area contributed by atoms with Gasteiger partial charge in [-0.2, -0.15) is 0 Å². The summed E-state index contributed by atoms with van der Waals surface area (Å²) in [5.41, 5.74) is -0.352. The van der Waals surface area contributed by atoms with Gasteiger partial charge in [0.25, 0.3) is 10.9 Å². The summed E-state index contributed by atoms with van der Waals surface area (Å²) in [5.74, 6) is 0.0158. The van der Waals surface area contributed by atoms with Crippen LogP contribution in [0.4, 0.5) is 11.4 Å². The summed E-state index contributed by atoms with van der Waals surface area (Å²) in [6.45, 7) is 5.51. The number of aliphatic hydroxyl groups is 1. The molecule has 20 heavy (non-hydrogen) atoms. The Morgan fingerprint density at radius 3 is 2.35 bits per heavy atom. The van der Waals surface area contributed by atoms with Crippen LogP contribution in [0.25, 0.3) is 0 Å². The van der Waals surface area contributed by atoms with Gasteiger partial charge in [-0.15, -0.1) is 0 Å². The molecule has 0 spiro atoms. The molecule has 1 saturated heterocycles. The van der Waals surface area contributed by atoms with Gasteiger partial charge in [0.1, 0.15) is 11.4 Å². The van der Waals surface area contributed by atoms with Gasteiger partial charge in [0, 0.05) is 39.6 Å². The summed E-state index contributed by atoms with van der Waals surface area (Å²) in [6, 6.07) is 0. The van der Waals surface area contributed by atoms with Crippen molar-refractivity contribution in [1.82, 2.24) is 4.90 Å². The van der Waals surface area contributed by atoms with Crippen LogP contribution in [0.5, 0.6) is 0 Å². The molecule has 0 bridgehead atoms. The van der Waals surface area contributed by atoms with Crippen LogP contribution in [0.15, 0.2) is 9.59 Å². The first-order chi connectivity index (χ1) is 9.41. The molecular formula is C13H19N3O4. The Kier molecular flexibility index (Phi) is 4.08. The van der Waals surface area contributed by atoms with Gasteiger partial charge in [0.15, 0.2) is 0 Å². The van der Waals surface area contributed by atoms with Crippen LogP contribution in [0.3, 0.4) is 0 Å². The summed E-state index contributed by atoms with van der Waals surface area (Å²) in [7, 11) is 0. The van der Waals surface area contributed by atoms with Gasteiger partial charge in [0.05, 0.1) is 6.10 Å². The third kappa shape index (κ3) is 2.67. The number of hydrogen-bond donors (Lipinski definition) is 2. The lowest BCUT2D eigenvalue weighted by Gasteiger charge is -2.36. The van der Waals surface area contributed by atoms with E-state index in [0.717, 1.165) is 0 Å². The Hall–Kier alpha value is -1.89. The molecule has 2 rings (SSSR count). The maximum Gasteiger partial charge on any atom is 0.253 e. The maximum absolute atomic E-state index is 11.7. The van der Waals surface area contributed by atoms with E-state index in [2.05, 4.69) is 5.32 Å². The quantitative estimate of drug-likeness (QED) is 0.670. The number of anilines is 2. The molecule has 2 N–H and O–H groups in total. The van der Waals surface area contributed by atoms with Crippen molar-refractivity contribution in [3.05, 3.63) is 20.4 Å². The van der Waals surface area contributed by atoms with Crippen molar-refractivity contribution in [3.8, 4) is 0 Å². The van der Waals surface area contributed by atoms with E-state index in [9.17, 15) is 19.5 Å². The molecule has 0 saturated carbocycles. The Labute approximate surface area is 116 Å². The van der Waals surface area contributed by atoms with Crippen LogP contribution in [-0.2, 0) is 4.79 Å². The molecule has 0 radical (unpaired) electrons. The van der Waals surface area contributed by atoms with Gasteiger partial charge < -0.3 is 20.2 Å². The van der Waals surface area contributed by atoms with E-state index in [4.69, 9.17) is 0 Å². The number of nitrogens with one attached hydrogen (secondary N) is 1. The highest BCUT2D eigenvalue weighted by atomic mass is 16.3. The fourth-order valence-corrected chi connectivity index (χ4v) is 2.34. The maximum atomic E-state index is 11.7. The van der Waals surface area contributed by atoms with E-state index < -0.39 is 17.0 Å². The fourth-order valence-electron chi connectivity index (χ4n) is 2.34. The standard InChI is InChI=1S/C13H19N3O4/c1-8(17)7-14-10-11(13(20)12(10)19)16-5-3-15(4-6-16)9(2)18/h8,14,17H,3-7H2,1-2H3/t8-/m1/s1. The molecule has 1 aromatic rings. The SMILES string of the molecule is CC(=O)N1CCN(c2c(NC[C@@H](C)O)c(=O)c2=O)CC1. The highest BCUT2D eigenvalue weighted by Crippen LogP contribution is 2.21. The number of nitrogens with zero attached hydrogens (tertiary/aromatic N) is 2. The Morgan fingerprint density at radius 1 is 1.25 bits per heavy atom. The molecule has 0 unspecified atom stereocenters. The van der Waals surface area contributed by atoms with Crippen molar-refractivity contribution < 1.29 is 9.90 Å². The average Bonchev–Trinajstić information content (AvgIpc) is 2.42. The average molecular weight is 281 g/mol. The fraction of sp³-hybridized carbons (Fsp3) is 0.615. The number of carbonyl (C=O) groups excluding carboxylic acids is 1. The summed E-state index contributed by atoms with van der Waals surface area (Å²) < 4.78 is 0. The van der Waals surface area contributed by atoms with Gasteiger partial charge in [0.2, 0.25) is 5.91 Å². The first-order valence-electron chi connectivity index (χ1n) is 6.67. The summed E-state index contributed by atoms with van der Waals surface area (Å²) >= 11 is 0. The number of aliphatic hydroxyl groups excluding tert-OH is 1. The minimum Gasteiger partial charge on any atom is -0.392 e. The van der Waals surface area contributed by atoms with Crippen molar-refractivity contribution in [2.24, 2.45) is 0 Å². The van der Waals surface area contributed by atoms with Gasteiger partial charge in [-0.1, -0.05) is 0 Å². The molecular weight excluding hydrogens is 262 g/mol. The zero-order valence-corrected chi connectivity index (χ0v) is 11.7. The minimum atomic E-state index is -0.596. The second-order valence-electron chi connectivity index (χ2n) is 5.10. The van der Waals surface area contributed by atoms with Crippen LogP contribution >= 0.6 is 0 Å². The second kappa shape index (κ2) is 5.62. The number of amides is 1.